The molecule has 71 heavy (non-hydrogen) atoms. The Morgan fingerprint density at radius 2 is 0.507 bits per heavy atom. The Kier molecular flexibility index (Phi) is 57.2. The first-order chi connectivity index (χ1) is 35.0. The molecule has 0 aromatic carbocycles. The molecule has 0 saturated heterocycles. The lowest BCUT2D eigenvalue weighted by molar-refractivity contribution is -0.167. The fourth-order valence-corrected chi connectivity index (χ4v) is 8.79. The summed E-state index contributed by atoms with van der Waals surface area (Å²) in [4.78, 5) is 38.2. The van der Waals surface area contributed by atoms with Gasteiger partial charge in [0.1, 0.15) is 13.2 Å². The van der Waals surface area contributed by atoms with Gasteiger partial charge in [-0.3, -0.25) is 14.4 Å². The molecule has 0 bridgehead atoms. The van der Waals surface area contributed by atoms with Crippen molar-refractivity contribution in [2.24, 2.45) is 0 Å². The standard InChI is InChI=1S/C65H116O6/c1-4-7-10-13-16-19-22-25-27-29-31-32-34-35-37-40-43-46-49-52-55-58-64(67)70-61-62(60-69-63(66)57-54-51-48-45-42-39-24-21-18-15-12-9-6-3)71-65(68)59-56-53-50-47-44-41-38-36-33-30-28-26-23-20-17-14-11-8-5-2/h21-22,24-26,28-29,31,34-35,62H,4-20,23,27,30,32-33,36-61H2,1-3H3/b24-21-,25-22-,28-26-,31-29-,35-34-. The van der Waals surface area contributed by atoms with Crippen LogP contribution in [-0.2, 0) is 28.6 Å². The van der Waals surface area contributed by atoms with Crippen molar-refractivity contribution in [1.29, 1.82) is 0 Å². The van der Waals surface area contributed by atoms with E-state index in [1.807, 2.05) is 0 Å². The first-order valence-electron chi connectivity index (χ1n) is 30.8. The molecule has 0 fully saturated rings. The lowest BCUT2D eigenvalue weighted by Gasteiger charge is -2.18. The van der Waals surface area contributed by atoms with Crippen LogP contribution in [0.4, 0.5) is 0 Å². The average Bonchev–Trinajstić information content (AvgIpc) is 3.37. The summed E-state index contributed by atoms with van der Waals surface area (Å²) in [5, 5.41) is 0. The van der Waals surface area contributed by atoms with Crippen molar-refractivity contribution in [1.82, 2.24) is 0 Å². The molecule has 6 nitrogen and oxygen atoms in total. The predicted molar refractivity (Wildman–Crippen MR) is 307 cm³/mol. The first-order valence-corrected chi connectivity index (χ1v) is 30.8. The molecule has 6 heteroatoms. The largest absolute Gasteiger partial charge is 0.462 e. The minimum atomic E-state index is -0.784. The van der Waals surface area contributed by atoms with E-state index in [-0.39, 0.29) is 31.1 Å². The van der Waals surface area contributed by atoms with Gasteiger partial charge in [0.2, 0.25) is 0 Å². The first kappa shape index (κ1) is 68.1. The Balaban J connectivity index is 4.37. The van der Waals surface area contributed by atoms with Crippen LogP contribution in [0, 0.1) is 0 Å². The van der Waals surface area contributed by atoms with Crippen molar-refractivity contribution in [3.8, 4) is 0 Å². The van der Waals surface area contributed by atoms with Crippen LogP contribution in [0.3, 0.4) is 0 Å². The third kappa shape index (κ3) is 57.9. The summed E-state index contributed by atoms with van der Waals surface area (Å²) in [6, 6.07) is 0. The van der Waals surface area contributed by atoms with Crippen molar-refractivity contribution in [3.63, 3.8) is 0 Å². The summed E-state index contributed by atoms with van der Waals surface area (Å²) in [5.74, 6) is -0.892. The van der Waals surface area contributed by atoms with E-state index in [1.54, 1.807) is 0 Å². The van der Waals surface area contributed by atoms with Gasteiger partial charge in [-0.25, -0.2) is 0 Å². The van der Waals surface area contributed by atoms with Crippen LogP contribution in [0.25, 0.3) is 0 Å². The van der Waals surface area contributed by atoms with Crippen molar-refractivity contribution < 1.29 is 28.6 Å². The molecular formula is C65H116O6. The maximum Gasteiger partial charge on any atom is 0.306 e. The van der Waals surface area contributed by atoms with Crippen molar-refractivity contribution in [2.75, 3.05) is 13.2 Å². The van der Waals surface area contributed by atoms with Crippen LogP contribution in [0.5, 0.6) is 0 Å². The average molecular weight is 994 g/mol. The van der Waals surface area contributed by atoms with Gasteiger partial charge in [0, 0.05) is 19.3 Å². The maximum absolute atomic E-state index is 12.9. The molecule has 0 N–H and O–H groups in total. The molecule has 0 saturated carbocycles. The fourth-order valence-electron chi connectivity index (χ4n) is 8.79. The predicted octanol–water partition coefficient (Wildman–Crippen LogP) is 20.8. The maximum atomic E-state index is 12.9. The highest BCUT2D eigenvalue weighted by Gasteiger charge is 2.19. The van der Waals surface area contributed by atoms with Gasteiger partial charge in [0.15, 0.2) is 6.10 Å². The second-order valence-electron chi connectivity index (χ2n) is 20.6. The summed E-state index contributed by atoms with van der Waals surface area (Å²) in [5.41, 5.74) is 0. The van der Waals surface area contributed by atoms with Crippen LogP contribution in [-0.4, -0.2) is 37.2 Å². The van der Waals surface area contributed by atoms with Gasteiger partial charge in [-0.15, -0.1) is 0 Å². The fraction of sp³-hybridized carbons (Fsp3) is 0.800. The number of hydrogen-bond acceptors (Lipinski definition) is 6. The zero-order chi connectivity index (χ0) is 51.4. The number of carbonyl (C=O) groups is 3. The number of unbranched alkanes of at least 4 members (excludes halogenated alkanes) is 35. The van der Waals surface area contributed by atoms with Gasteiger partial charge in [-0.05, 0) is 109 Å². The monoisotopic (exact) mass is 993 g/mol. The van der Waals surface area contributed by atoms with Crippen LogP contribution in [0.15, 0.2) is 60.8 Å². The molecule has 0 aliphatic carbocycles. The van der Waals surface area contributed by atoms with E-state index in [4.69, 9.17) is 14.2 Å². The molecule has 0 amide bonds. The number of ether oxygens (including phenoxy) is 3. The number of esters is 3. The second-order valence-corrected chi connectivity index (χ2v) is 20.6. The summed E-state index contributed by atoms with van der Waals surface area (Å²) in [7, 11) is 0. The van der Waals surface area contributed by atoms with E-state index in [0.717, 1.165) is 83.5 Å². The topological polar surface area (TPSA) is 78.9 Å². The van der Waals surface area contributed by atoms with Gasteiger partial charge in [-0.1, -0.05) is 248 Å². The SMILES string of the molecule is CCCCCC/C=C\CCCCCCCC(=O)OCC(COC(=O)CCCCCCCC/C=C\C/C=C\C/C=C\CCCCCCC)OC(=O)CCCCCCCCCCC/C=C\CCCCCCCC. The zero-order valence-corrected chi connectivity index (χ0v) is 47.2. The molecule has 0 aliphatic heterocycles. The van der Waals surface area contributed by atoms with E-state index in [9.17, 15) is 14.4 Å². The number of hydrogen-bond donors (Lipinski definition) is 0. The van der Waals surface area contributed by atoms with Crippen LogP contribution in [0.2, 0.25) is 0 Å². The zero-order valence-electron chi connectivity index (χ0n) is 47.2. The number of allylic oxidation sites excluding steroid dienone is 10. The molecule has 0 aromatic rings. The summed E-state index contributed by atoms with van der Waals surface area (Å²) >= 11 is 0. The van der Waals surface area contributed by atoms with Crippen molar-refractivity contribution in [2.45, 2.75) is 322 Å². The van der Waals surface area contributed by atoms with Crippen LogP contribution >= 0.6 is 0 Å². The second kappa shape index (κ2) is 59.7. The molecule has 0 aliphatic rings. The van der Waals surface area contributed by atoms with Gasteiger partial charge < -0.3 is 14.2 Å². The third-order valence-corrected chi connectivity index (χ3v) is 13.5. The normalized spacial score (nSPS) is 12.4. The molecule has 0 heterocycles. The Morgan fingerprint density at radius 3 is 0.817 bits per heavy atom. The van der Waals surface area contributed by atoms with E-state index in [0.29, 0.717) is 19.3 Å². The van der Waals surface area contributed by atoms with Gasteiger partial charge >= 0.3 is 17.9 Å². The van der Waals surface area contributed by atoms with E-state index < -0.39 is 6.10 Å². The van der Waals surface area contributed by atoms with E-state index in [2.05, 4.69) is 81.5 Å². The molecule has 0 spiro atoms. The summed E-state index contributed by atoms with van der Waals surface area (Å²) < 4.78 is 16.9. The lowest BCUT2D eigenvalue weighted by Crippen LogP contribution is -2.30. The Labute approximate surface area is 440 Å². The molecule has 1 unspecified atom stereocenters. The highest BCUT2D eigenvalue weighted by Crippen LogP contribution is 2.16. The Bertz CT molecular complexity index is 1280. The van der Waals surface area contributed by atoms with E-state index >= 15 is 0 Å². The van der Waals surface area contributed by atoms with Crippen molar-refractivity contribution >= 4 is 17.9 Å². The number of rotatable bonds is 56. The molecule has 1 atom stereocenters. The smallest absolute Gasteiger partial charge is 0.306 e. The van der Waals surface area contributed by atoms with E-state index in [1.165, 1.54) is 193 Å². The summed E-state index contributed by atoms with van der Waals surface area (Å²) in [6.07, 6.45) is 75.0. The molecule has 412 valence electrons. The quantitative estimate of drug-likeness (QED) is 0.0261. The summed E-state index contributed by atoms with van der Waals surface area (Å²) in [6.45, 7) is 6.62. The van der Waals surface area contributed by atoms with Gasteiger partial charge in [0.25, 0.3) is 0 Å². The highest BCUT2D eigenvalue weighted by atomic mass is 16.6. The van der Waals surface area contributed by atoms with Crippen molar-refractivity contribution in [3.05, 3.63) is 60.8 Å². The van der Waals surface area contributed by atoms with Crippen LogP contribution in [0.1, 0.15) is 316 Å². The Hall–Kier alpha value is -2.89. The molecule has 0 rings (SSSR count). The molecule has 0 radical (unpaired) electrons. The van der Waals surface area contributed by atoms with Crippen LogP contribution < -0.4 is 0 Å². The Morgan fingerprint density at radius 1 is 0.282 bits per heavy atom. The minimum absolute atomic E-state index is 0.0824. The minimum Gasteiger partial charge on any atom is -0.462 e. The third-order valence-electron chi connectivity index (χ3n) is 13.5. The molecular weight excluding hydrogens is 877 g/mol. The highest BCUT2D eigenvalue weighted by molar-refractivity contribution is 5.71. The number of carbonyl (C=O) groups excluding carboxylic acids is 3. The van der Waals surface area contributed by atoms with Gasteiger partial charge in [0.05, 0.1) is 0 Å². The van der Waals surface area contributed by atoms with Gasteiger partial charge in [-0.2, -0.15) is 0 Å². The lowest BCUT2D eigenvalue weighted by atomic mass is 10.1. The molecule has 0 aromatic heterocycles.